The number of nitrogen functional groups attached to an aromatic ring is 1. The summed E-state index contributed by atoms with van der Waals surface area (Å²) in [6.07, 6.45) is 8.72. The molecule has 2 rings (SSSR count). The number of nitrogens with two attached hydrogens (primary N) is 1. The molecule has 1 saturated carbocycles. The van der Waals surface area contributed by atoms with E-state index in [0.29, 0.717) is 12.4 Å². The minimum absolute atomic E-state index is 0.312. The van der Waals surface area contributed by atoms with Gasteiger partial charge in [-0.3, -0.25) is 0 Å². The monoisotopic (exact) mass is 249 g/mol. The summed E-state index contributed by atoms with van der Waals surface area (Å²) in [6, 6.07) is 0. The molecular formula is C14H23N3O. The third kappa shape index (κ3) is 2.64. The molecule has 18 heavy (non-hydrogen) atoms. The van der Waals surface area contributed by atoms with Gasteiger partial charge in [0.25, 0.3) is 0 Å². The van der Waals surface area contributed by atoms with Gasteiger partial charge in [0.15, 0.2) is 5.82 Å². The molecule has 0 unspecified atom stereocenters. The van der Waals surface area contributed by atoms with Crippen LogP contribution in [0.25, 0.3) is 0 Å². The third-order valence-corrected chi connectivity index (χ3v) is 3.75. The zero-order valence-corrected chi connectivity index (χ0v) is 11.4. The number of ether oxygens (including phenoxy) is 1. The Labute approximate surface area is 109 Å². The molecule has 0 atom stereocenters. The first-order valence-corrected chi connectivity index (χ1v) is 6.91. The average molecular weight is 249 g/mol. The number of hydrogen-bond acceptors (Lipinski definition) is 4. The topological polar surface area (TPSA) is 61.0 Å². The molecule has 0 radical (unpaired) electrons. The Morgan fingerprint density at radius 1 is 1.28 bits per heavy atom. The predicted molar refractivity (Wildman–Crippen MR) is 72.2 cm³/mol. The van der Waals surface area contributed by atoms with Crippen molar-refractivity contribution in [1.29, 1.82) is 0 Å². The highest BCUT2D eigenvalue weighted by molar-refractivity contribution is 5.36. The lowest BCUT2D eigenvalue weighted by Crippen LogP contribution is -2.32. The van der Waals surface area contributed by atoms with Gasteiger partial charge in [-0.1, -0.05) is 25.7 Å². The van der Waals surface area contributed by atoms with Gasteiger partial charge in [-0.05, 0) is 26.7 Å². The molecule has 2 N–H and O–H groups in total. The summed E-state index contributed by atoms with van der Waals surface area (Å²) in [5, 5.41) is 0. The molecule has 0 amide bonds. The van der Waals surface area contributed by atoms with Gasteiger partial charge in [-0.25, -0.2) is 9.97 Å². The molecule has 1 aliphatic rings. The maximum absolute atomic E-state index is 6.05. The van der Waals surface area contributed by atoms with Gasteiger partial charge in [0.05, 0.1) is 0 Å². The summed E-state index contributed by atoms with van der Waals surface area (Å²) < 4.78 is 6.05. The minimum atomic E-state index is -0.312. The van der Waals surface area contributed by atoms with E-state index < -0.39 is 0 Å². The summed E-state index contributed by atoms with van der Waals surface area (Å²) in [7, 11) is 0. The van der Waals surface area contributed by atoms with Gasteiger partial charge < -0.3 is 10.5 Å². The van der Waals surface area contributed by atoms with Crippen molar-refractivity contribution in [3.05, 3.63) is 17.6 Å². The summed E-state index contributed by atoms with van der Waals surface area (Å²) in [6.45, 7) is 4.65. The van der Waals surface area contributed by atoms with E-state index in [1.807, 2.05) is 20.0 Å². The highest BCUT2D eigenvalue weighted by atomic mass is 16.5. The Bertz CT molecular complexity index is 398. The average Bonchev–Trinajstić information content (AvgIpc) is 2.60. The SMILES string of the molecule is CCOC1(c2ncc(C)c(N)n2)CCCCCC1. The molecule has 4 nitrogen and oxygen atoms in total. The van der Waals surface area contributed by atoms with E-state index in [0.717, 1.165) is 24.2 Å². The van der Waals surface area contributed by atoms with Crippen molar-refractivity contribution in [3.8, 4) is 0 Å². The van der Waals surface area contributed by atoms with Gasteiger partial charge in [0, 0.05) is 18.4 Å². The quantitative estimate of drug-likeness (QED) is 0.837. The number of anilines is 1. The van der Waals surface area contributed by atoms with Crippen LogP contribution in [0.3, 0.4) is 0 Å². The van der Waals surface area contributed by atoms with E-state index in [4.69, 9.17) is 10.5 Å². The number of nitrogens with zero attached hydrogens (tertiary/aromatic N) is 2. The lowest BCUT2D eigenvalue weighted by Gasteiger charge is -2.31. The van der Waals surface area contributed by atoms with Crippen molar-refractivity contribution in [2.75, 3.05) is 12.3 Å². The number of rotatable bonds is 3. The highest BCUT2D eigenvalue weighted by Gasteiger charge is 2.36. The smallest absolute Gasteiger partial charge is 0.162 e. The van der Waals surface area contributed by atoms with Crippen molar-refractivity contribution in [1.82, 2.24) is 9.97 Å². The van der Waals surface area contributed by atoms with E-state index in [1.54, 1.807) is 0 Å². The maximum Gasteiger partial charge on any atom is 0.162 e. The van der Waals surface area contributed by atoms with E-state index in [1.165, 1.54) is 25.7 Å². The second-order valence-electron chi connectivity index (χ2n) is 5.10. The lowest BCUT2D eigenvalue weighted by atomic mass is 9.93. The van der Waals surface area contributed by atoms with Crippen molar-refractivity contribution in [3.63, 3.8) is 0 Å². The van der Waals surface area contributed by atoms with Crippen LogP contribution in [0.5, 0.6) is 0 Å². The summed E-state index contributed by atoms with van der Waals surface area (Å²) >= 11 is 0. The first-order valence-electron chi connectivity index (χ1n) is 6.91. The Hall–Kier alpha value is -1.16. The fraction of sp³-hybridized carbons (Fsp3) is 0.714. The zero-order chi connectivity index (χ0) is 13.0. The molecule has 100 valence electrons. The van der Waals surface area contributed by atoms with E-state index in [-0.39, 0.29) is 5.60 Å². The number of hydrogen-bond donors (Lipinski definition) is 1. The third-order valence-electron chi connectivity index (χ3n) is 3.75. The molecule has 1 heterocycles. The minimum Gasteiger partial charge on any atom is -0.383 e. The first kappa shape index (κ1) is 13.3. The summed E-state index contributed by atoms with van der Waals surface area (Å²) in [4.78, 5) is 8.95. The molecule has 1 aromatic rings. The van der Waals surface area contributed by atoms with E-state index >= 15 is 0 Å². The van der Waals surface area contributed by atoms with Crippen LogP contribution in [-0.4, -0.2) is 16.6 Å². The standard InChI is InChI=1S/C14H23N3O/c1-3-18-14(8-6-4-5-7-9-14)13-16-10-11(2)12(15)17-13/h10H,3-9H2,1-2H3,(H2,15,16,17). The van der Waals surface area contributed by atoms with Gasteiger partial charge in [0.2, 0.25) is 0 Å². The predicted octanol–water partition coefficient (Wildman–Crippen LogP) is 2.95. The Morgan fingerprint density at radius 2 is 1.94 bits per heavy atom. The molecule has 1 aliphatic carbocycles. The van der Waals surface area contributed by atoms with Crippen molar-refractivity contribution >= 4 is 5.82 Å². The van der Waals surface area contributed by atoms with Crippen LogP contribution >= 0.6 is 0 Å². The molecular weight excluding hydrogens is 226 g/mol. The summed E-state index contributed by atoms with van der Waals surface area (Å²) in [5.74, 6) is 1.35. The number of aromatic nitrogens is 2. The Balaban J connectivity index is 2.35. The van der Waals surface area contributed by atoms with Crippen LogP contribution < -0.4 is 5.73 Å². The van der Waals surface area contributed by atoms with E-state index in [2.05, 4.69) is 9.97 Å². The number of aryl methyl sites for hydroxylation is 1. The molecule has 1 aromatic heterocycles. The second kappa shape index (κ2) is 5.65. The van der Waals surface area contributed by atoms with Gasteiger partial charge >= 0.3 is 0 Å². The molecule has 0 spiro atoms. The van der Waals surface area contributed by atoms with Crippen LogP contribution in [0, 0.1) is 6.92 Å². The molecule has 0 saturated heterocycles. The molecule has 0 aromatic carbocycles. The van der Waals surface area contributed by atoms with Gasteiger partial charge in [0.1, 0.15) is 11.4 Å². The van der Waals surface area contributed by atoms with Crippen LogP contribution in [0.15, 0.2) is 6.20 Å². The molecule has 4 heteroatoms. The zero-order valence-electron chi connectivity index (χ0n) is 11.4. The van der Waals surface area contributed by atoms with Crippen molar-refractivity contribution < 1.29 is 4.74 Å². The Kier molecular flexibility index (Phi) is 4.17. The van der Waals surface area contributed by atoms with Crippen molar-refractivity contribution in [2.24, 2.45) is 0 Å². The normalized spacial score (nSPS) is 19.4. The molecule has 0 bridgehead atoms. The Morgan fingerprint density at radius 3 is 2.50 bits per heavy atom. The first-order chi connectivity index (χ1) is 8.68. The van der Waals surface area contributed by atoms with E-state index in [9.17, 15) is 0 Å². The molecule has 0 aliphatic heterocycles. The lowest BCUT2D eigenvalue weighted by molar-refractivity contribution is -0.0623. The van der Waals surface area contributed by atoms with Crippen LogP contribution in [0.1, 0.15) is 56.8 Å². The maximum atomic E-state index is 6.05. The van der Waals surface area contributed by atoms with Crippen LogP contribution in [0.4, 0.5) is 5.82 Å². The largest absolute Gasteiger partial charge is 0.383 e. The fourth-order valence-electron chi connectivity index (χ4n) is 2.68. The van der Waals surface area contributed by atoms with Crippen molar-refractivity contribution in [2.45, 2.75) is 58.0 Å². The van der Waals surface area contributed by atoms with Gasteiger partial charge in [-0.2, -0.15) is 0 Å². The van der Waals surface area contributed by atoms with Crippen LogP contribution in [0.2, 0.25) is 0 Å². The van der Waals surface area contributed by atoms with Gasteiger partial charge in [-0.15, -0.1) is 0 Å². The molecule has 1 fully saturated rings. The summed E-state index contributed by atoms with van der Waals surface area (Å²) in [5.41, 5.74) is 6.53. The highest BCUT2D eigenvalue weighted by Crippen LogP contribution is 2.38. The fourth-order valence-corrected chi connectivity index (χ4v) is 2.68. The van der Waals surface area contributed by atoms with Crippen LogP contribution in [-0.2, 0) is 10.3 Å². The second-order valence-corrected chi connectivity index (χ2v) is 5.10.